The average Bonchev–Trinajstić information content (AvgIpc) is 3.21. The van der Waals surface area contributed by atoms with Crippen molar-refractivity contribution in [3.63, 3.8) is 0 Å². The van der Waals surface area contributed by atoms with Gasteiger partial charge in [-0.3, -0.25) is 10.1 Å². The van der Waals surface area contributed by atoms with E-state index < -0.39 is 11.5 Å². The second-order valence-corrected chi connectivity index (χ2v) is 5.78. The molecule has 1 unspecified atom stereocenters. The first kappa shape index (κ1) is 13.8. The average molecular weight is 255 g/mol. The number of hydrogen-bond acceptors (Lipinski definition) is 3. The summed E-state index contributed by atoms with van der Waals surface area (Å²) >= 11 is 0. The van der Waals surface area contributed by atoms with Crippen molar-refractivity contribution in [2.75, 3.05) is 13.2 Å². The van der Waals surface area contributed by atoms with Gasteiger partial charge in [-0.05, 0) is 50.9 Å². The molecule has 0 aromatic carbocycles. The minimum Gasteiger partial charge on any atom is -0.480 e. The van der Waals surface area contributed by atoms with Crippen LogP contribution in [-0.4, -0.2) is 35.9 Å². The predicted molar refractivity (Wildman–Crippen MR) is 69.6 cm³/mol. The third-order valence-corrected chi connectivity index (χ3v) is 4.01. The fourth-order valence-corrected chi connectivity index (χ4v) is 2.30. The zero-order valence-electron chi connectivity index (χ0n) is 11.3. The Kier molecular flexibility index (Phi) is 4.62. The van der Waals surface area contributed by atoms with Crippen molar-refractivity contribution in [3.8, 4) is 0 Å². The zero-order chi connectivity index (χ0) is 13.0. The molecule has 0 radical (unpaired) electrons. The van der Waals surface area contributed by atoms with Crippen LogP contribution in [0.3, 0.4) is 0 Å². The number of rotatable bonds is 10. The Balaban J connectivity index is 1.70. The first-order valence-electron chi connectivity index (χ1n) is 7.25. The summed E-state index contributed by atoms with van der Waals surface area (Å²) in [4.78, 5) is 11.5. The maximum absolute atomic E-state index is 11.5. The molecule has 18 heavy (non-hydrogen) atoms. The van der Waals surface area contributed by atoms with Crippen LogP contribution in [0.15, 0.2) is 0 Å². The van der Waals surface area contributed by atoms with Gasteiger partial charge in [0, 0.05) is 19.3 Å². The van der Waals surface area contributed by atoms with Crippen molar-refractivity contribution >= 4 is 5.97 Å². The van der Waals surface area contributed by atoms with Gasteiger partial charge < -0.3 is 9.84 Å². The van der Waals surface area contributed by atoms with Crippen molar-refractivity contribution in [3.05, 3.63) is 0 Å². The smallest absolute Gasteiger partial charge is 0.323 e. The van der Waals surface area contributed by atoms with Crippen LogP contribution in [0, 0.1) is 5.92 Å². The summed E-state index contributed by atoms with van der Waals surface area (Å²) in [5.41, 5.74) is -0.732. The number of carboxylic acids is 1. The van der Waals surface area contributed by atoms with E-state index in [1.54, 1.807) is 0 Å². The Hall–Kier alpha value is -0.610. The van der Waals surface area contributed by atoms with E-state index in [-0.39, 0.29) is 0 Å². The van der Waals surface area contributed by atoms with E-state index in [0.29, 0.717) is 25.5 Å². The van der Waals surface area contributed by atoms with Crippen LogP contribution >= 0.6 is 0 Å². The predicted octanol–water partition coefficient (Wildman–Crippen LogP) is 2.18. The van der Waals surface area contributed by atoms with Crippen LogP contribution in [0.25, 0.3) is 0 Å². The molecule has 2 N–H and O–H groups in total. The molecule has 4 heteroatoms. The lowest BCUT2D eigenvalue weighted by Gasteiger charge is -2.29. The van der Waals surface area contributed by atoms with Gasteiger partial charge in [0.05, 0.1) is 0 Å². The van der Waals surface area contributed by atoms with Crippen molar-refractivity contribution < 1.29 is 14.6 Å². The Morgan fingerprint density at radius 2 is 2.11 bits per heavy atom. The highest BCUT2D eigenvalue weighted by molar-refractivity contribution is 5.78. The molecule has 0 saturated heterocycles. The van der Waals surface area contributed by atoms with E-state index in [1.807, 2.05) is 6.92 Å². The Morgan fingerprint density at radius 1 is 1.39 bits per heavy atom. The van der Waals surface area contributed by atoms with Crippen LogP contribution in [0.4, 0.5) is 0 Å². The summed E-state index contributed by atoms with van der Waals surface area (Å²) in [7, 11) is 0. The molecule has 2 fully saturated rings. The number of aliphatic carboxylic acids is 1. The van der Waals surface area contributed by atoms with Crippen molar-refractivity contribution in [1.29, 1.82) is 0 Å². The summed E-state index contributed by atoms with van der Waals surface area (Å²) in [6, 6.07) is 0.424. The van der Waals surface area contributed by atoms with E-state index in [4.69, 9.17) is 4.74 Å². The number of carbonyl (C=O) groups is 1. The van der Waals surface area contributed by atoms with Gasteiger partial charge >= 0.3 is 5.97 Å². The summed E-state index contributed by atoms with van der Waals surface area (Å²) in [5, 5.41) is 12.8. The summed E-state index contributed by atoms with van der Waals surface area (Å²) in [6.07, 6.45) is 6.98. The second-order valence-electron chi connectivity index (χ2n) is 5.78. The van der Waals surface area contributed by atoms with E-state index in [0.717, 1.165) is 31.8 Å². The topological polar surface area (TPSA) is 58.6 Å². The van der Waals surface area contributed by atoms with Gasteiger partial charge in [-0.1, -0.05) is 6.92 Å². The fourth-order valence-electron chi connectivity index (χ4n) is 2.30. The SMILES string of the molecule is CCC(CCCOCC1CC1)(NC1CC1)C(=O)O. The number of ether oxygens (including phenoxy) is 1. The Labute approximate surface area is 109 Å². The molecular formula is C14H25NO3. The Morgan fingerprint density at radius 3 is 2.61 bits per heavy atom. The number of hydrogen-bond donors (Lipinski definition) is 2. The maximum Gasteiger partial charge on any atom is 0.323 e. The molecule has 1 atom stereocenters. The molecule has 0 heterocycles. The first-order chi connectivity index (χ1) is 8.66. The number of nitrogens with one attached hydrogen (secondary N) is 1. The van der Waals surface area contributed by atoms with Crippen molar-refractivity contribution in [2.45, 2.75) is 63.5 Å². The lowest BCUT2D eigenvalue weighted by molar-refractivity contribution is -0.145. The van der Waals surface area contributed by atoms with Gasteiger partial charge in [0.15, 0.2) is 0 Å². The van der Waals surface area contributed by atoms with Crippen molar-refractivity contribution in [1.82, 2.24) is 5.32 Å². The van der Waals surface area contributed by atoms with Crippen LogP contribution < -0.4 is 5.32 Å². The molecule has 2 saturated carbocycles. The standard InChI is InChI=1S/C14H25NO3/c1-2-14(13(16)17,15-12-6-7-12)8-3-9-18-10-11-4-5-11/h11-12,15H,2-10H2,1H3,(H,16,17). The number of carboxylic acid groups (broad SMARTS) is 1. The van der Waals surface area contributed by atoms with E-state index in [1.165, 1.54) is 12.8 Å². The van der Waals surface area contributed by atoms with E-state index in [9.17, 15) is 9.90 Å². The fraction of sp³-hybridized carbons (Fsp3) is 0.929. The maximum atomic E-state index is 11.5. The molecule has 104 valence electrons. The van der Waals surface area contributed by atoms with Gasteiger partial charge in [0.2, 0.25) is 0 Å². The molecule has 0 aliphatic heterocycles. The highest BCUT2D eigenvalue weighted by Crippen LogP contribution is 2.29. The van der Waals surface area contributed by atoms with E-state index >= 15 is 0 Å². The highest BCUT2D eigenvalue weighted by Gasteiger charge is 2.40. The summed E-state index contributed by atoms with van der Waals surface area (Å²) in [6.45, 7) is 3.51. The molecule has 4 nitrogen and oxygen atoms in total. The molecule has 0 aromatic rings. The van der Waals surface area contributed by atoms with Gasteiger partial charge in [0.25, 0.3) is 0 Å². The third-order valence-electron chi connectivity index (χ3n) is 4.01. The molecule has 2 aliphatic carbocycles. The largest absolute Gasteiger partial charge is 0.480 e. The molecule has 2 aliphatic rings. The zero-order valence-corrected chi connectivity index (χ0v) is 11.3. The molecule has 0 spiro atoms. The summed E-state index contributed by atoms with van der Waals surface area (Å²) in [5.74, 6) is 0.0732. The van der Waals surface area contributed by atoms with Gasteiger partial charge in [0.1, 0.15) is 5.54 Å². The molecule has 0 aromatic heterocycles. The van der Waals surface area contributed by atoms with Gasteiger partial charge in [-0.15, -0.1) is 0 Å². The Bertz CT molecular complexity index is 287. The lowest BCUT2D eigenvalue weighted by atomic mass is 9.90. The second kappa shape index (κ2) is 6.02. The van der Waals surface area contributed by atoms with Crippen LogP contribution in [0.1, 0.15) is 51.9 Å². The normalized spacial score (nSPS) is 22.7. The minimum absolute atomic E-state index is 0.424. The van der Waals surface area contributed by atoms with Gasteiger partial charge in [-0.2, -0.15) is 0 Å². The van der Waals surface area contributed by atoms with E-state index in [2.05, 4.69) is 5.32 Å². The summed E-state index contributed by atoms with van der Waals surface area (Å²) < 4.78 is 5.58. The van der Waals surface area contributed by atoms with Gasteiger partial charge in [-0.25, -0.2) is 0 Å². The monoisotopic (exact) mass is 255 g/mol. The van der Waals surface area contributed by atoms with Crippen molar-refractivity contribution in [2.24, 2.45) is 5.92 Å². The molecular weight excluding hydrogens is 230 g/mol. The molecule has 0 amide bonds. The third kappa shape index (κ3) is 3.95. The van der Waals surface area contributed by atoms with Crippen LogP contribution in [0.2, 0.25) is 0 Å². The molecule has 0 bridgehead atoms. The first-order valence-corrected chi connectivity index (χ1v) is 7.25. The quantitative estimate of drug-likeness (QED) is 0.587. The molecule has 2 rings (SSSR count). The lowest BCUT2D eigenvalue weighted by Crippen LogP contribution is -2.52. The van der Waals surface area contributed by atoms with Crippen LogP contribution in [-0.2, 0) is 9.53 Å². The minimum atomic E-state index is -0.732. The van der Waals surface area contributed by atoms with Crippen LogP contribution in [0.5, 0.6) is 0 Å². The highest BCUT2D eigenvalue weighted by atomic mass is 16.5.